The van der Waals surface area contributed by atoms with Crippen LogP contribution in [0.5, 0.6) is 5.75 Å². The molecule has 4 aromatic rings. The average Bonchev–Trinajstić information content (AvgIpc) is 2.88. The number of hydrogen-bond acceptors (Lipinski definition) is 6. The first-order valence-corrected chi connectivity index (χ1v) is 10.6. The fourth-order valence-corrected chi connectivity index (χ4v) is 3.28. The van der Waals surface area contributed by atoms with E-state index in [1.54, 1.807) is 55.9 Å². The van der Waals surface area contributed by atoms with Crippen molar-refractivity contribution in [3.05, 3.63) is 108 Å². The Balaban J connectivity index is 1.47. The maximum absolute atomic E-state index is 13.0. The Morgan fingerprint density at radius 3 is 2.50 bits per heavy atom. The van der Waals surface area contributed by atoms with Gasteiger partial charge in [-0.1, -0.05) is 24.3 Å². The van der Waals surface area contributed by atoms with Gasteiger partial charge in [-0.05, 0) is 54.6 Å². The Bertz CT molecular complexity index is 1290. The minimum absolute atomic E-state index is 0.262. The van der Waals surface area contributed by atoms with Crippen LogP contribution in [0.15, 0.2) is 91.3 Å². The quantitative estimate of drug-likeness (QED) is 0.365. The van der Waals surface area contributed by atoms with E-state index < -0.39 is 0 Å². The standard InChI is InChI=1S/C26H23N5O3/c1-34-23-13-3-2-12-22(23)31-24-21(11-7-15-28-24)26(33)30-19-10-6-8-18(16-19)25(32)29-17-20-9-4-5-14-27-20/h2-16H,17H2,1H3,(H,28,31)(H,29,32)(H,30,33). The van der Waals surface area contributed by atoms with Crippen LogP contribution >= 0.6 is 0 Å². The summed E-state index contributed by atoms with van der Waals surface area (Å²) in [6, 6.07) is 23.0. The third-order valence-electron chi connectivity index (χ3n) is 4.95. The first-order valence-electron chi connectivity index (χ1n) is 10.6. The molecule has 34 heavy (non-hydrogen) atoms. The van der Waals surface area contributed by atoms with Crippen LogP contribution in [0.1, 0.15) is 26.4 Å². The molecule has 0 aliphatic heterocycles. The van der Waals surface area contributed by atoms with Crippen molar-refractivity contribution in [2.45, 2.75) is 6.54 Å². The highest BCUT2D eigenvalue weighted by Gasteiger charge is 2.15. The van der Waals surface area contributed by atoms with Crippen LogP contribution in [-0.4, -0.2) is 28.9 Å². The van der Waals surface area contributed by atoms with Crippen LogP contribution < -0.4 is 20.7 Å². The number of anilines is 3. The van der Waals surface area contributed by atoms with Crippen molar-refractivity contribution in [2.75, 3.05) is 17.7 Å². The minimum atomic E-state index is -0.364. The number of nitrogens with one attached hydrogen (secondary N) is 3. The number of nitrogens with zero attached hydrogens (tertiary/aromatic N) is 2. The largest absolute Gasteiger partial charge is 0.495 e. The number of carbonyl (C=O) groups is 2. The van der Waals surface area contributed by atoms with Gasteiger partial charge in [-0.3, -0.25) is 14.6 Å². The van der Waals surface area contributed by atoms with Gasteiger partial charge >= 0.3 is 0 Å². The molecule has 0 unspecified atom stereocenters. The van der Waals surface area contributed by atoms with Crippen molar-refractivity contribution in [3.8, 4) is 5.75 Å². The van der Waals surface area contributed by atoms with Crippen LogP contribution in [0.3, 0.4) is 0 Å². The van der Waals surface area contributed by atoms with Gasteiger partial charge in [0.25, 0.3) is 11.8 Å². The van der Waals surface area contributed by atoms with Gasteiger partial charge in [0.1, 0.15) is 11.6 Å². The maximum atomic E-state index is 13.0. The predicted octanol–water partition coefficient (Wildman–Crippen LogP) is 4.41. The Morgan fingerprint density at radius 2 is 1.68 bits per heavy atom. The number of hydrogen-bond donors (Lipinski definition) is 3. The third kappa shape index (κ3) is 5.55. The van der Waals surface area contributed by atoms with E-state index >= 15 is 0 Å². The molecule has 0 aliphatic carbocycles. The van der Waals surface area contributed by atoms with Crippen LogP contribution in [0.4, 0.5) is 17.2 Å². The molecular weight excluding hydrogens is 430 g/mol. The predicted molar refractivity (Wildman–Crippen MR) is 130 cm³/mol. The monoisotopic (exact) mass is 453 g/mol. The topological polar surface area (TPSA) is 105 Å². The molecule has 0 fully saturated rings. The van der Waals surface area contributed by atoms with Gasteiger partial charge in [0.15, 0.2) is 0 Å². The van der Waals surface area contributed by atoms with Gasteiger partial charge in [-0.15, -0.1) is 0 Å². The first kappa shape index (κ1) is 22.5. The summed E-state index contributed by atoms with van der Waals surface area (Å²) in [6.45, 7) is 0.309. The van der Waals surface area contributed by atoms with Gasteiger partial charge in [0.05, 0.1) is 30.6 Å². The number of ether oxygens (including phenoxy) is 1. The number of methoxy groups -OCH3 is 1. The first-order chi connectivity index (χ1) is 16.6. The smallest absolute Gasteiger partial charge is 0.259 e. The molecule has 8 nitrogen and oxygen atoms in total. The van der Waals surface area contributed by atoms with Crippen molar-refractivity contribution in [2.24, 2.45) is 0 Å². The molecule has 0 atom stereocenters. The molecule has 170 valence electrons. The lowest BCUT2D eigenvalue weighted by Gasteiger charge is -2.14. The lowest BCUT2D eigenvalue weighted by atomic mass is 10.1. The Hall–Kier alpha value is -4.72. The van der Waals surface area contributed by atoms with E-state index in [4.69, 9.17) is 4.74 Å². The molecule has 0 saturated heterocycles. The second-order valence-corrected chi connectivity index (χ2v) is 7.26. The Morgan fingerprint density at radius 1 is 0.853 bits per heavy atom. The number of benzene rings is 2. The highest BCUT2D eigenvalue weighted by Crippen LogP contribution is 2.28. The van der Waals surface area contributed by atoms with E-state index in [1.807, 2.05) is 42.5 Å². The van der Waals surface area contributed by atoms with Gasteiger partial charge in [0, 0.05) is 23.6 Å². The molecule has 0 aliphatic rings. The highest BCUT2D eigenvalue weighted by atomic mass is 16.5. The fraction of sp³-hybridized carbons (Fsp3) is 0.0769. The van der Waals surface area contributed by atoms with Crippen LogP contribution in [-0.2, 0) is 6.54 Å². The molecule has 2 amide bonds. The molecule has 2 aromatic heterocycles. The number of para-hydroxylation sites is 2. The van der Waals surface area contributed by atoms with Gasteiger partial charge in [-0.2, -0.15) is 0 Å². The zero-order chi connectivity index (χ0) is 23.8. The third-order valence-corrected chi connectivity index (χ3v) is 4.95. The number of aromatic nitrogens is 2. The zero-order valence-electron chi connectivity index (χ0n) is 18.5. The van der Waals surface area contributed by atoms with Crippen molar-refractivity contribution in [1.82, 2.24) is 15.3 Å². The van der Waals surface area contributed by atoms with Crippen LogP contribution in [0.2, 0.25) is 0 Å². The molecule has 0 bridgehead atoms. The molecule has 4 rings (SSSR count). The van der Waals surface area contributed by atoms with Gasteiger partial charge in [0.2, 0.25) is 0 Å². The van der Waals surface area contributed by atoms with Crippen LogP contribution in [0.25, 0.3) is 0 Å². The van der Waals surface area contributed by atoms with Crippen molar-refractivity contribution in [1.29, 1.82) is 0 Å². The zero-order valence-corrected chi connectivity index (χ0v) is 18.5. The molecule has 8 heteroatoms. The number of pyridine rings is 2. The second-order valence-electron chi connectivity index (χ2n) is 7.26. The van der Waals surface area contributed by atoms with E-state index in [9.17, 15) is 9.59 Å². The summed E-state index contributed by atoms with van der Waals surface area (Å²) in [4.78, 5) is 34.1. The highest BCUT2D eigenvalue weighted by molar-refractivity contribution is 6.08. The summed E-state index contributed by atoms with van der Waals surface area (Å²) in [5.74, 6) is 0.385. The summed E-state index contributed by atoms with van der Waals surface area (Å²) >= 11 is 0. The van der Waals surface area contributed by atoms with Crippen molar-refractivity contribution < 1.29 is 14.3 Å². The molecule has 3 N–H and O–H groups in total. The number of rotatable bonds is 8. The minimum Gasteiger partial charge on any atom is -0.495 e. The van der Waals surface area contributed by atoms with Crippen molar-refractivity contribution in [3.63, 3.8) is 0 Å². The molecule has 2 heterocycles. The molecule has 2 aromatic carbocycles. The lowest BCUT2D eigenvalue weighted by Crippen LogP contribution is -2.23. The molecule has 0 radical (unpaired) electrons. The molecule has 0 saturated carbocycles. The average molecular weight is 454 g/mol. The maximum Gasteiger partial charge on any atom is 0.259 e. The van der Waals surface area contributed by atoms with E-state index in [-0.39, 0.29) is 11.8 Å². The Labute approximate surface area is 197 Å². The number of amides is 2. The SMILES string of the molecule is COc1ccccc1Nc1ncccc1C(=O)Nc1cccc(C(=O)NCc2ccccn2)c1. The molecule has 0 spiro atoms. The van der Waals surface area contributed by atoms with E-state index in [0.717, 1.165) is 5.69 Å². The second kappa shape index (κ2) is 10.7. The number of carbonyl (C=O) groups excluding carboxylic acids is 2. The summed E-state index contributed by atoms with van der Waals surface area (Å²) in [7, 11) is 1.58. The summed E-state index contributed by atoms with van der Waals surface area (Å²) in [6.07, 6.45) is 3.27. The van der Waals surface area contributed by atoms with Crippen LogP contribution in [0, 0.1) is 0 Å². The molecular formula is C26H23N5O3. The van der Waals surface area contributed by atoms with E-state index in [1.165, 1.54) is 0 Å². The van der Waals surface area contributed by atoms with E-state index in [2.05, 4.69) is 25.9 Å². The summed E-state index contributed by atoms with van der Waals surface area (Å²) in [5, 5.41) is 8.82. The summed E-state index contributed by atoms with van der Waals surface area (Å²) < 4.78 is 5.36. The van der Waals surface area contributed by atoms with Crippen molar-refractivity contribution >= 4 is 29.0 Å². The lowest BCUT2D eigenvalue weighted by molar-refractivity contribution is 0.0949. The van der Waals surface area contributed by atoms with Gasteiger partial charge < -0.3 is 20.7 Å². The van der Waals surface area contributed by atoms with Gasteiger partial charge in [-0.25, -0.2) is 4.98 Å². The summed E-state index contributed by atoms with van der Waals surface area (Å²) in [5.41, 5.74) is 2.70. The van der Waals surface area contributed by atoms with E-state index in [0.29, 0.717) is 40.6 Å². The Kier molecular flexibility index (Phi) is 7.09. The normalized spacial score (nSPS) is 10.3. The fourth-order valence-electron chi connectivity index (χ4n) is 3.28.